The minimum Gasteiger partial charge on any atom is -0.493 e. The molecule has 2 aromatic rings. The van der Waals surface area contributed by atoms with E-state index >= 15 is 0 Å². The molecule has 146 valence electrons. The lowest BCUT2D eigenvalue weighted by molar-refractivity contribution is -0.117. The molecule has 2 bridgehead atoms. The molecule has 1 unspecified atom stereocenters. The maximum absolute atomic E-state index is 13.0. The lowest BCUT2D eigenvalue weighted by Gasteiger charge is -2.19. The van der Waals surface area contributed by atoms with Crippen molar-refractivity contribution in [1.29, 1.82) is 0 Å². The maximum atomic E-state index is 13.0. The molecule has 0 saturated carbocycles. The molecule has 0 fully saturated rings. The Bertz CT molecular complexity index is 866. The van der Waals surface area contributed by atoms with Crippen LogP contribution in [0.4, 0.5) is 5.69 Å². The molecular formula is C23H25NO3S. The Morgan fingerprint density at radius 2 is 1.79 bits per heavy atom. The molecule has 0 N–H and O–H groups in total. The molecule has 1 amide bonds. The summed E-state index contributed by atoms with van der Waals surface area (Å²) < 4.78 is 11.8. The van der Waals surface area contributed by atoms with E-state index in [0.717, 1.165) is 54.1 Å². The van der Waals surface area contributed by atoms with Crippen LogP contribution < -0.4 is 9.64 Å². The molecule has 28 heavy (non-hydrogen) atoms. The van der Waals surface area contributed by atoms with E-state index in [9.17, 15) is 4.79 Å². The van der Waals surface area contributed by atoms with Crippen molar-refractivity contribution in [3.05, 3.63) is 66.2 Å². The zero-order valence-corrected chi connectivity index (χ0v) is 16.7. The van der Waals surface area contributed by atoms with Crippen LogP contribution in [0.15, 0.2) is 55.1 Å². The van der Waals surface area contributed by atoms with Crippen LogP contribution in [0.3, 0.4) is 0 Å². The molecule has 0 spiro atoms. The van der Waals surface area contributed by atoms with Gasteiger partial charge in [0.05, 0.1) is 18.8 Å². The number of carbonyl (C=O) groups is 1. The number of anilines is 1. The van der Waals surface area contributed by atoms with Gasteiger partial charge in [-0.25, -0.2) is 0 Å². The first-order valence-corrected chi connectivity index (χ1v) is 10.9. The normalized spacial score (nSPS) is 20.7. The van der Waals surface area contributed by atoms with Crippen LogP contribution in [0.5, 0.6) is 5.75 Å². The highest BCUT2D eigenvalue weighted by Gasteiger charge is 2.36. The van der Waals surface area contributed by atoms with Crippen molar-refractivity contribution in [2.75, 3.05) is 30.4 Å². The van der Waals surface area contributed by atoms with Crippen molar-refractivity contribution >= 4 is 29.1 Å². The van der Waals surface area contributed by atoms with E-state index in [2.05, 4.69) is 18.7 Å². The molecule has 1 atom stereocenters. The average Bonchev–Trinajstić information content (AvgIpc) is 2.98. The highest BCUT2D eigenvalue weighted by molar-refractivity contribution is 8.00. The zero-order chi connectivity index (χ0) is 19.3. The minimum atomic E-state index is -0.142. The van der Waals surface area contributed by atoms with E-state index in [4.69, 9.17) is 9.47 Å². The quantitative estimate of drug-likeness (QED) is 0.625. The van der Waals surface area contributed by atoms with Crippen molar-refractivity contribution in [1.82, 2.24) is 0 Å². The Labute approximate surface area is 170 Å². The van der Waals surface area contributed by atoms with Gasteiger partial charge >= 0.3 is 0 Å². The summed E-state index contributed by atoms with van der Waals surface area (Å²) in [5, 5.41) is -0.142. The van der Waals surface area contributed by atoms with Crippen molar-refractivity contribution in [2.45, 2.75) is 24.5 Å². The summed E-state index contributed by atoms with van der Waals surface area (Å²) >= 11 is 1.64. The first-order chi connectivity index (χ1) is 13.8. The van der Waals surface area contributed by atoms with E-state index in [1.807, 2.05) is 41.3 Å². The fraction of sp³-hybridized carbons (Fsp3) is 0.348. The average molecular weight is 396 g/mol. The number of para-hydroxylation sites is 2. The summed E-state index contributed by atoms with van der Waals surface area (Å²) in [5.74, 6) is 2.35. The van der Waals surface area contributed by atoms with Gasteiger partial charge < -0.3 is 14.4 Å². The molecule has 0 radical (unpaired) electrons. The largest absolute Gasteiger partial charge is 0.493 e. The lowest BCUT2D eigenvalue weighted by atomic mass is 10.1. The molecule has 0 aliphatic carbocycles. The van der Waals surface area contributed by atoms with E-state index in [0.29, 0.717) is 19.0 Å². The number of amides is 1. The number of nitrogens with zero attached hydrogens (tertiary/aromatic N) is 1. The SMILES string of the molecule is C=C1OCCSC2C(=O)N(CCCCCOc3ccccc31)c1ccccc12. The molecule has 4 nitrogen and oxygen atoms in total. The molecule has 2 aromatic carbocycles. The van der Waals surface area contributed by atoms with Crippen molar-refractivity contribution in [3.8, 4) is 5.75 Å². The second kappa shape index (κ2) is 8.74. The summed E-state index contributed by atoms with van der Waals surface area (Å²) in [5.41, 5.74) is 3.07. The number of hydrogen-bond acceptors (Lipinski definition) is 4. The summed E-state index contributed by atoms with van der Waals surface area (Å²) in [4.78, 5) is 15.0. The number of hydrogen-bond donors (Lipinski definition) is 0. The molecule has 5 heteroatoms. The van der Waals surface area contributed by atoms with E-state index in [1.54, 1.807) is 11.8 Å². The number of benzene rings is 2. The first kappa shape index (κ1) is 18.9. The Balaban J connectivity index is 1.52. The van der Waals surface area contributed by atoms with Gasteiger partial charge in [0.2, 0.25) is 5.91 Å². The second-order valence-corrected chi connectivity index (χ2v) is 8.19. The van der Waals surface area contributed by atoms with Gasteiger partial charge in [-0.15, -0.1) is 11.8 Å². The molecule has 2 aliphatic rings. The van der Waals surface area contributed by atoms with Crippen LogP contribution in [0.1, 0.15) is 35.6 Å². The Morgan fingerprint density at radius 3 is 2.71 bits per heavy atom. The Morgan fingerprint density at radius 1 is 0.964 bits per heavy atom. The molecule has 2 heterocycles. The van der Waals surface area contributed by atoms with Crippen molar-refractivity contribution in [3.63, 3.8) is 0 Å². The third-order valence-electron chi connectivity index (χ3n) is 5.12. The van der Waals surface area contributed by atoms with Gasteiger partial charge in [-0.1, -0.05) is 36.9 Å². The van der Waals surface area contributed by atoms with Gasteiger partial charge in [-0.3, -0.25) is 4.79 Å². The van der Waals surface area contributed by atoms with Crippen LogP contribution >= 0.6 is 11.8 Å². The van der Waals surface area contributed by atoms with Gasteiger partial charge in [-0.2, -0.15) is 0 Å². The third kappa shape index (κ3) is 3.90. The molecule has 2 aliphatic heterocycles. The number of ether oxygens (including phenoxy) is 2. The van der Waals surface area contributed by atoms with Crippen LogP contribution in [-0.2, 0) is 9.53 Å². The van der Waals surface area contributed by atoms with Crippen molar-refractivity contribution < 1.29 is 14.3 Å². The van der Waals surface area contributed by atoms with Crippen LogP contribution in [0, 0.1) is 0 Å². The van der Waals surface area contributed by atoms with E-state index in [1.165, 1.54) is 0 Å². The predicted octanol–water partition coefficient (Wildman–Crippen LogP) is 5.06. The van der Waals surface area contributed by atoms with Crippen molar-refractivity contribution in [2.24, 2.45) is 0 Å². The monoisotopic (exact) mass is 395 g/mol. The first-order valence-electron chi connectivity index (χ1n) is 9.81. The number of thioether (sulfide) groups is 1. The molecule has 0 aromatic heterocycles. The minimum absolute atomic E-state index is 0.142. The van der Waals surface area contributed by atoms with Gasteiger partial charge in [0.1, 0.15) is 16.8 Å². The highest BCUT2D eigenvalue weighted by Crippen LogP contribution is 2.43. The summed E-state index contributed by atoms with van der Waals surface area (Å²) in [6.45, 7) is 5.98. The summed E-state index contributed by atoms with van der Waals surface area (Å²) in [6.07, 6.45) is 2.94. The number of rotatable bonds is 0. The van der Waals surface area contributed by atoms with E-state index < -0.39 is 0 Å². The zero-order valence-electron chi connectivity index (χ0n) is 15.9. The van der Waals surface area contributed by atoms with Gasteiger partial charge in [-0.05, 0) is 43.0 Å². The van der Waals surface area contributed by atoms with Crippen LogP contribution in [-0.4, -0.2) is 31.4 Å². The molecule has 4 rings (SSSR count). The maximum Gasteiger partial charge on any atom is 0.244 e. The Kier molecular flexibility index (Phi) is 5.91. The molecular weight excluding hydrogens is 370 g/mol. The number of carbonyl (C=O) groups excluding carboxylic acids is 1. The van der Waals surface area contributed by atoms with Crippen LogP contribution in [0.25, 0.3) is 5.76 Å². The van der Waals surface area contributed by atoms with Gasteiger partial charge in [0.25, 0.3) is 0 Å². The fourth-order valence-corrected chi connectivity index (χ4v) is 4.77. The third-order valence-corrected chi connectivity index (χ3v) is 6.31. The van der Waals surface area contributed by atoms with Gasteiger partial charge in [0.15, 0.2) is 0 Å². The Hall–Kier alpha value is -2.40. The molecule has 0 saturated heterocycles. The fourth-order valence-electron chi connectivity index (χ4n) is 3.70. The summed E-state index contributed by atoms with van der Waals surface area (Å²) in [7, 11) is 0. The van der Waals surface area contributed by atoms with Crippen LogP contribution in [0.2, 0.25) is 0 Å². The predicted molar refractivity (Wildman–Crippen MR) is 115 cm³/mol. The standard InChI is InChI=1S/C23H25NO3S/c1-17-18-9-4-6-12-21(18)27-14-8-2-7-13-24-20-11-5-3-10-19(20)22(23(24)25)28-16-15-26-17/h3-6,9-12,22H,1-2,7-8,13-16H2. The highest BCUT2D eigenvalue weighted by atomic mass is 32.2. The van der Waals surface area contributed by atoms with Gasteiger partial charge in [0, 0.05) is 18.0 Å². The second-order valence-electron chi connectivity index (χ2n) is 6.98. The topological polar surface area (TPSA) is 38.8 Å². The summed E-state index contributed by atoms with van der Waals surface area (Å²) in [6, 6.07) is 16.0. The number of fused-ring (bicyclic) bond motifs is 6. The van der Waals surface area contributed by atoms with E-state index in [-0.39, 0.29) is 11.2 Å². The smallest absolute Gasteiger partial charge is 0.244 e. The lowest BCUT2D eigenvalue weighted by Crippen LogP contribution is -2.29.